The number of fused-ring (bicyclic) bond motifs is 1. The molecular weight excluding hydrogens is 459 g/mol. The predicted octanol–water partition coefficient (Wildman–Crippen LogP) is 7.93. The van der Waals surface area contributed by atoms with Gasteiger partial charge in [0.25, 0.3) is 5.91 Å². The third-order valence-electron chi connectivity index (χ3n) is 5.30. The monoisotopic (exact) mass is 476 g/mol. The fourth-order valence-corrected chi connectivity index (χ4v) is 4.06. The number of aryl methyl sites for hydroxylation is 2. The van der Waals surface area contributed by atoms with E-state index < -0.39 is 5.91 Å². The lowest BCUT2D eigenvalue weighted by molar-refractivity contribution is 0.0997. The predicted molar refractivity (Wildman–Crippen MR) is 131 cm³/mol. The number of nitrogens with zero attached hydrogens (tertiary/aromatic N) is 1. The van der Waals surface area contributed by atoms with Crippen LogP contribution in [0.5, 0.6) is 0 Å². The zero-order chi connectivity index (χ0) is 23.1. The van der Waals surface area contributed by atoms with E-state index in [2.05, 4.69) is 16.4 Å². The topological polar surface area (TPSA) is 68.3 Å². The number of benzene rings is 3. The Morgan fingerprint density at radius 2 is 1.76 bits per heavy atom. The van der Waals surface area contributed by atoms with Gasteiger partial charge in [0.05, 0.1) is 10.0 Å². The number of oxazole rings is 1. The summed E-state index contributed by atoms with van der Waals surface area (Å²) in [6.45, 7) is 4.07. The van der Waals surface area contributed by atoms with E-state index in [9.17, 15) is 4.79 Å². The Kier molecular flexibility index (Phi) is 5.44. The molecule has 0 aliphatic heterocycles. The second kappa shape index (κ2) is 8.43. The Morgan fingerprint density at radius 3 is 2.58 bits per heavy atom. The molecule has 0 aliphatic rings. The summed E-state index contributed by atoms with van der Waals surface area (Å²) in [5.74, 6) is 0.756. The summed E-state index contributed by atoms with van der Waals surface area (Å²) in [5, 5.41) is 3.62. The number of rotatable bonds is 4. The van der Waals surface area contributed by atoms with Crippen molar-refractivity contribution in [2.24, 2.45) is 0 Å². The van der Waals surface area contributed by atoms with Gasteiger partial charge in [-0.1, -0.05) is 47.0 Å². The lowest BCUT2D eigenvalue weighted by Crippen LogP contribution is -2.10. The van der Waals surface area contributed by atoms with Crippen molar-refractivity contribution in [2.75, 3.05) is 5.32 Å². The van der Waals surface area contributed by atoms with E-state index in [4.69, 9.17) is 32.0 Å². The van der Waals surface area contributed by atoms with Gasteiger partial charge in [-0.05, 0) is 67.9 Å². The summed E-state index contributed by atoms with van der Waals surface area (Å²) in [6.07, 6.45) is 0. The van der Waals surface area contributed by atoms with Crippen molar-refractivity contribution < 1.29 is 13.6 Å². The van der Waals surface area contributed by atoms with Gasteiger partial charge in [0.15, 0.2) is 11.3 Å². The molecule has 5 aromatic rings. The molecular formula is C26H18Cl2N2O3. The number of amides is 1. The first-order valence-corrected chi connectivity index (χ1v) is 11.0. The zero-order valence-electron chi connectivity index (χ0n) is 17.8. The lowest BCUT2D eigenvalue weighted by Gasteiger charge is -2.04. The zero-order valence-corrected chi connectivity index (χ0v) is 19.3. The molecule has 33 heavy (non-hydrogen) atoms. The van der Waals surface area contributed by atoms with E-state index in [-0.39, 0.29) is 5.76 Å². The van der Waals surface area contributed by atoms with Crippen LogP contribution in [0.3, 0.4) is 0 Å². The summed E-state index contributed by atoms with van der Waals surface area (Å²) in [7, 11) is 0. The first-order chi connectivity index (χ1) is 15.9. The van der Waals surface area contributed by atoms with E-state index in [1.54, 1.807) is 48.5 Å². The van der Waals surface area contributed by atoms with Gasteiger partial charge in [-0.25, -0.2) is 4.98 Å². The van der Waals surface area contributed by atoms with Crippen LogP contribution in [0.15, 0.2) is 75.6 Å². The average Bonchev–Trinajstić information content (AvgIpc) is 3.43. The van der Waals surface area contributed by atoms with E-state index in [1.165, 1.54) is 5.56 Å². The molecule has 0 atom stereocenters. The Bertz CT molecular complexity index is 1520. The summed E-state index contributed by atoms with van der Waals surface area (Å²) in [6, 6.07) is 19.9. The number of hydrogen-bond donors (Lipinski definition) is 1. The molecule has 1 amide bonds. The van der Waals surface area contributed by atoms with Gasteiger partial charge in [-0.2, -0.15) is 0 Å². The van der Waals surface area contributed by atoms with Crippen LogP contribution in [0.4, 0.5) is 5.69 Å². The number of halogens is 2. The van der Waals surface area contributed by atoms with E-state index in [0.717, 1.165) is 11.1 Å². The summed E-state index contributed by atoms with van der Waals surface area (Å²) in [4.78, 5) is 17.3. The molecule has 0 spiro atoms. The molecule has 0 saturated carbocycles. The minimum Gasteiger partial charge on any atom is -0.451 e. The van der Waals surface area contributed by atoms with Gasteiger partial charge in [0.1, 0.15) is 11.3 Å². The Hall–Kier alpha value is -3.54. The van der Waals surface area contributed by atoms with Crippen molar-refractivity contribution in [1.82, 2.24) is 4.98 Å². The number of aromatic nitrogens is 1. The standard InChI is InChI=1S/C26H18Cl2N2O3/c1-14-6-8-17(15(2)12-14)26-30-20-13-16(7-9-22(20)33-26)29-25(31)23-11-10-21(32-23)18-4-3-5-19(27)24(18)28/h3-13H,1-2H3,(H,29,31). The molecule has 2 heterocycles. The SMILES string of the molecule is Cc1ccc(-c2nc3cc(NC(=O)c4ccc(-c5cccc(Cl)c5Cl)o4)ccc3o2)c(C)c1. The molecule has 1 N–H and O–H groups in total. The second-order valence-electron chi connectivity index (χ2n) is 7.74. The highest BCUT2D eigenvalue weighted by molar-refractivity contribution is 6.43. The highest BCUT2D eigenvalue weighted by Crippen LogP contribution is 2.34. The highest BCUT2D eigenvalue weighted by Gasteiger charge is 2.16. The largest absolute Gasteiger partial charge is 0.451 e. The minimum absolute atomic E-state index is 0.150. The molecule has 0 saturated heterocycles. The molecule has 5 rings (SSSR count). The van der Waals surface area contributed by atoms with E-state index in [0.29, 0.717) is 44.0 Å². The van der Waals surface area contributed by atoms with Crippen molar-refractivity contribution in [3.05, 3.63) is 93.7 Å². The normalized spacial score (nSPS) is 11.2. The maximum absolute atomic E-state index is 12.7. The Labute approximate surface area is 200 Å². The maximum Gasteiger partial charge on any atom is 0.291 e. The van der Waals surface area contributed by atoms with Gasteiger partial charge < -0.3 is 14.2 Å². The molecule has 164 valence electrons. The molecule has 3 aromatic carbocycles. The summed E-state index contributed by atoms with van der Waals surface area (Å²) >= 11 is 12.3. The molecule has 0 aliphatic carbocycles. The Morgan fingerprint density at radius 1 is 0.909 bits per heavy atom. The number of nitrogens with one attached hydrogen (secondary N) is 1. The fraction of sp³-hybridized carbons (Fsp3) is 0.0769. The van der Waals surface area contributed by atoms with Crippen molar-refractivity contribution in [3.8, 4) is 22.8 Å². The van der Waals surface area contributed by atoms with Crippen LogP contribution in [-0.4, -0.2) is 10.9 Å². The minimum atomic E-state index is -0.392. The second-order valence-corrected chi connectivity index (χ2v) is 8.52. The molecule has 0 unspecified atom stereocenters. The average molecular weight is 477 g/mol. The van der Waals surface area contributed by atoms with Gasteiger partial charge >= 0.3 is 0 Å². The van der Waals surface area contributed by atoms with Crippen LogP contribution >= 0.6 is 23.2 Å². The maximum atomic E-state index is 12.7. The first-order valence-electron chi connectivity index (χ1n) is 10.2. The molecule has 0 radical (unpaired) electrons. The van der Waals surface area contributed by atoms with E-state index in [1.807, 2.05) is 26.0 Å². The van der Waals surface area contributed by atoms with Crippen LogP contribution in [0.25, 0.3) is 33.9 Å². The molecule has 0 fully saturated rings. The van der Waals surface area contributed by atoms with Crippen LogP contribution < -0.4 is 5.32 Å². The van der Waals surface area contributed by atoms with Crippen molar-refractivity contribution in [2.45, 2.75) is 13.8 Å². The smallest absolute Gasteiger partial charge is 0.291 e. The van der Waals surface area contributed by atoms with Crippen LogP contribution in [0.1, 0.15) is 21.7 Å². The fourth-order valence-electron chi connectivity index (χ4n) is 3.67. The first kappa shape index (κ1) is 21.3. The number of carbonyl (C=O) groups excluding carboxylic acids is 1. The van der Waals surface area contributed by atoms with Crippen molar-refractivity contribution >= 4 is 45.9 Å². The Balaban J connectivity index is 1.39. The number of carbonyl (C=O) groups is 1. The van der Waals surface area contributed by atoms with Crippen molar-refractivity contribution in [1.29, 1.82) is 0 Å². The quantitative estimate of drug-likeness (QED) is 0.285. The molecule has 2 aromatic heterocycles. The number of anilines is 1. The van der Waals surface area contributed by atoms with Gasteiger partial charge in [-0.15, -0.1) is 0 Å². The third kappa shape index (κ3) is 4.13. The molecule has 5 nitrogen and oxygen atoms in total. The van der Waals surface area contributed by atoms with E-state index >= 15 is 0 Å². The molecule has 0 bridgehead atoms. The van der Waals surface area contributed by atoms with Gasteiger partial charge in [0.2, 0.25) is 5.89 Å². The van der Waals surface area contributed by atoms with Gasteiger partial charge in [-0.3, -0.25) is 4.79 Å². The number of furan rings is 1. The molecule has 7 heteroatoms. The van der Waals surface area contributed by atoms with Crippen LogP contribution in [-0.2, 0) is 0 Å². The summed E-state index contributed by atoms with van der Waals surface area (Å²) in [5.41, 5.74) is 5.68. The number of hydrogen-bond acceptors (Lipinski definition) is 4. The van der Waals surface area contributed by atoms with Crippen molar-refractivity contribution in [3.63, 3.8) is 0 Å². The highest BCUT2D eigenvalue weighted by atomic mass is 35.5. The van der Waals surface area contributed by atoms with Crippen LogP contribution in [0.2, 0.25) is 10.0 Å². The lowest BCUT2D eigenvalue weighted by atomic mass is 10.1. The van der Waals surface area contributed by atoms with Crippen LogP contribution in [0, 0.1) is 13.8 Å². The summed E-state index contributed by atoms with van der Waals surface area (Å²) < 4.78 is 11.6. The third-order valence-corrected chi connectivity index (χ3v) is 6.12. The van der Waals surface area contributed by atoms with Gasteiger partial charge in [0, 0.05) is 16.8 Å².